The number of rotatable bonds is 6. The lowest BCUT2D eigenvalue weighted by Crippen LogP contribution is -2.36. The summed E-state index contributed by atoms with van der Waals surface area (Å²) in [4.78, 5) is 38.5. The van der Waals surface area contributed by atoms with Crippen molar-refractivity contribution in [3.63, 3.8) is 0 Å². The van der Waals surface area contributed by atoms with Gasteiger partial charge in [-0.15, -0.1) is 0 Å². The zero-order valence-electron chi connectivity index (χ0n) is 20.1. The number of nitrogens with zero attached hydrogens (tertiary/aromatic N) is 1. The number of benzene rings is 3. The zero-order valence-corrected chi connectivity index (χ0v) is 20.1. The van der Waals surface area contributed by atoms with E-state index in [2.05, 4.69) is 10.1 Å². The van der Waals surface area contributed by atoms with Crippen LogP contribution in [0.5, 0.6) is 0 Å². The maximum Gasteiger partial charge on any atom is 0.416 e. The minimum atomic E-state index is -4.44. The first-order chi connectivity index (χ1) is 17.7. The Morgan fingerprint density at radius 2 is 1.68 bits per heavy atom. The molecule has 0 bridgehead atoms. The number of nitrogens with one attached hydrogen (secondary N) is 1. The van der Waals surface area contributed by atoms with Gasteiger partial charge in [-0.3, -0.25) is 14.4 Å². The highest BCUT2D eigenvalue weighted by atomic mass is 19.4. The van der Waals surface area contributed by atoms with Crippen LogP contribution in [0.1, 0.15) is 39.9 Å². The number of fused-ring (bicyclic) bond motifs is 1. The largest absolute Gasteiger partial charge is 0.469 e. The number of amides is 2. The van der Waals surface area contributed by atoms with Crippen LogP contribution in [-0.2, 0) is 33.5 Å². The van der Waals surface area contributed by atoms with E-state index in [0.29, 0.717) is 41.9 Å². The van der Waals surface area contributed by atoms with E-state index in [9.17, 15) is 27.6 Å². The Bertz CT molecular complexity index is 1320. The zero-order chi connectivity index (χ0) is 26.6. The van der Waals surface area contributed by atoms with Gasteiger partial charge in [-0.2, -0.15) is 13.2 Å². The maximum atomic E-state index is 13.1. The second kappa shape index (κ2) is 10.9. The molecule has 0 fully saturated rings. The third-order valence-corrected chi connectivity index (χ3v) is 6.29. The number of hydrogen-bond acceptors (Lipinski definition) is 4. The van der Waals surface area contributed by atoms with E-state index < -0.39 is 17.7 Å². The predicted octanol–water partition coefficient (Wildman–Crippen LogP) is 5.46. The number of methoxy groups -OCH3 is 1. The average molecular weight is 511 g/mol. The van der Waals surface area contributed by atoms with Crippen LogP contribution in [0.25, 0.3) is 11.1 Å². The summed E-state index contributed by atoms with van der Waals surface area (Å²) in [6.07, 6.45) is -3.70. The van der Waals surface area contributed by atoms with Crippen LogP contribution in [0.3, 0.4) is 0 Å². The summed E-state index contributed by atoms with van der Waals surface area (Å²) in [6.45, 7) is 0.918. The number of alkyl halides is 3. The van der Waals surface area contributed by atoms with E-state index in [-0.39, 0.29) is 24.7 Å². The molecule has 37 heavy (non-hydrogen) atoms. The molecular weight excluding hydrogens is 485 g/mol. The molecule has 0 atom stereocenters. The molecule has 3 aromatic carbocycles. The maximum absolute atomic E-state index is 13.1. The van der Waals surface area contributed by atoms with Crippen molar-refractivity contribution >= 4 is 23.5 Å². The smallest absolute Gasteiger partial charge is 0.416 e. The molecule has 6 nitrogen and oxygen atoms in total. The molecule has 0 saturated carbocycles. The molecule has 0 aliphatic carbocycles. The van der Waals surface area contributed by atoms with E-state index in [1.165, 1.54) is 19.2 Å². The number of carbonyl (C=O) groups excluding carboxylic acids is 3. The Morgan fingerprint density at radius 1 is 0.946 bits per heavy atom. The highest BCUT2D eigenvalue weighted by molar-refractivity contribution is 6.08. The number of ether oxygens (including phenoxy) is 1. The minimum absolute atomic E-state index is 0.0393. The van der Waals surface area contributed by atoms with Gasteiger partial charge in [0.15, 0.2) is 0 Å². The molecule has 9 heteroatoms. The molecule has 192 valence electrons. The summed E-state index contributed by atoms with van der Waals surface area (Å²) < 4.78 is 43.4. The van der Waals surface area contributed by atoms with E-state index in [0.717, 1.165) is 23.3 Å². The monoisotopic (exact) mass is 510 g/mol. The lowest BCUT2D eigenvalue weighted by Gasteiger charge is -2.29. The molecule has 0 unspecified atom stereocenters. The number of halogens is 3. The topological polar surface area (TPSA) is 75.7 Å². The third-order valence-electron chi connectivity index (χ3n) is 6.29. The van der Waals surface area contributed by atoms with Crippen LogP contribution in [0.4, 0.5) is 18.9 Å². The fourth-order valence-electron chi connectivity index (χ4n) is 4.28. The molecule has 1 N–H and O–H groups in total. The van der Waals surface area contributed by atoms with Crippen LogP contribution >= 0.6 is 0 Å². The normalized spacial score (nSPS) is 13.0. The van der Waals surface area contributed by atoms with Crippen molar-refractivity contribution in [2.24, 2.45) is 0 Å². The molecule has 0 aromatic heterocycles. The van der Waals surface area contributed by atoms with Gasteiger partial charge in [0.25, 0.3) is 5.91 Å². The van der Waals surface area contributed by atoms with E-state index in [4.69, 9.17) is 0 Å². The third kappa shape index (κ3) is 6.17. The lowest BCUT2D eigenvalue weighted by atomic mass is 9.97. The van der Waals surface area contributed by atoms with Gasteiger partial charge >= 0.3 is 12.1 Å². The van der Waals surface area contributed by atoms with E-state index in [1.54, 1.807) is 35.2 Å². The van der Waals surface area contributed by atoms with Gasteiger partial charge in [-0.05, 0) is 59.0 Å². The molecule has 3 aromatic rings. The first-order valence-electron chi connectivity index (χ1n) is 11.7. The molecule has 1 aliphatic heterocycles. The van der Waals surface area contributed by atoms with Crippen molar-refractivity contribution in [2.45, 2.75) is 32.0 Å². The van der Waals surface area contributed by atoms with Crippen molar-refractivity contribution in [3.8, 4) is 11.1 Å². The highest BCUT2D eigenvalue weighted by Gasteiger charge is 2.30. The Kier molecular flexibility index (Phi) is 7.61. The second-order valence-corrected chi connectivity index (χ2v) is 8.70. The molecular formula is C28H25F3N2O4. The Balaban J connectivity index is 1.46. The molecule has 1 heterocycles. The van der Waals surface area contributed by atoms with Gasteiger partial charge in [0.05, 0.1) is 19.1 Å². The summed E-state index contributed by atoms with van der Waals surface area (Å²) in [5, 5.41) is 2.88. The quantitative estimate of drug-likeness (QED) is 0.447. The lowest BCUT2D eigenvalue weighted by molar-refractivity contribution is -0.143. The molecule has 0 saturated heterocycles. The Morgan fingerprint density at radius 3 is 2.38 bits per heavy atom. The molecule has 1 aliphatic rings. The Labute approximate surface area is 212 Å². The van der Waals surface area contributed by atoms with Crippen molar-refractivity contribution in [1.29, 1.82) is 0 Å². The van der Waals surface area contributed by atoms with Gasteiger partial charge in [0, 0.05) is 30.8 Å². The summed E-state index contributed by atoms with van der Waals surface area (Å²) >= 11 is 0. The summed E-state index contributed by atoms with van der Waals surface area (Å²) in [5.74, 6) is -0.926. The first-order valence-corrected chi connectivity index (χ1v) is 11.7. The van der Waals surface area contributed by atoms with Crippen LogP contribution in [0.2, 0.25) is 0 Å². The fourth-order valence-corrected chi connectivity index (χ4v) is 4.28. The van der Waals surface area contributed by atoms with Crippen LogP contribution in [-0.4, -0.2) is 36.3 Å². The van der Waals surface area contributed by atoms with Crippen LogP contribution < -0.4 is 5.32 Å². The fraction of sp³-hybridized carbons (Fsp3) is 0.250. The van der Waals surface area contributed by atoms with Crippen LogP contribution in [0, 0.1) is 0 Å². The molecule has 0 spiro atoms. The van der Waals surface area contributed by atoms with Crippen molar-refractivity contribution in [1.82, 2.24) is 4.90 Å². The van der Waals surface area contributed by atoms with Gasteiger partial charge in [-0.1, -0.05) is 36.4 Å². The molecule has 4 rings (SSSR count). The second-order valence-electron chi connectivity index (χ2n) is 8.70. The number of hydrogen-bond donors (Lipinski definition) is 1. The van der Waals surface area contributed by atoms with Crippen molar-refractivity contribution < 1.29 is 32.3 Å². The molecule has 2 amide bonds. The van der Waals surface area contributed by atoms with Gasteiger partial charge < -0.3 is 15.0 Å². The highest BCUT2D eigenvalue weighted by Crippen LogP contribution is 2.32. The first kappa shape index (κ1) is 25.9. The number of anilines is 1. The van der Waals surface area contributed by atoms with Crippen LogP contribution in [0.15, 0.2) is 66.7 Å². The van der Waals surface area contributed by atoms with Gasteiger partial charge in [0.1, 0.15) is 0 Å². The number of esters is 1. The standard InChI is InChI=1S/C28H25F3N2O4/c1-37-26(35)13-12-25(34)33-15-14-19-16-22(11-8-20(19)17-33)32-27(36)24-5-3-2-4-23(24)18-6-9-21(10-7-18)28(29,30)31/h2-11,16H,12-15,17H2,1H3,(H,32,36). The number of carbonyl (C=O) groups is 3. The van der Waals surface area contributed by atoms with E-state index >= 15 is 0 Å². The summed E-state index contributed by atoms with van der Waals surface area (Å²) in [7, 11) is 1.29. The summed E-state index contributed by atoms with van der Waals surface area (Å²) in [5.41, 5.74) is 3.15. The van der Waals surface area contributed by atoms with Crippen molar-refractivity contribution in [2.75, 3.05) is 19.0 Å². The average Bonchev–Trinajstić information content (AvgIpc) is 2.90. The predicted molar refractivity (Wildman–Crippen MR) is 132 cm³/mol. The molecule has 0 radical (unpaired) electrons. The Hall–Kier alpha value is -4.14. The van der Waals surface area contributed by atoms with Gasteiger partial charge in [0.2, 0.25) is 5.91 Å². The SMILES string of the molecule is COC(=O)CCC(=O)N1CCc2cc(NC(=O)c3ccccc3-c3ccc(C(F)(F)F)cc3)ccc2C1. The minimum Gasteiger partial charge on any atom is -0.469 e. The van der Waals surface area contributed by atoms with E-state index in [1.807, 2.05) is 12.1 Å². The summed E-state index contributed by atoms with van der Waals surface area (Å²) in [6, 6.07) is 16.9. The van der Waals surface area contributed by atoms with Crippen molar-refractivity contribution in [3.05, 3.63) is 89.0 Å². The van der Waals surface area contributed by atoms with Gasteiger partial charge in [-0.25, -0.2) is 0 Å².